The molecule has 18 heavy (non-hydrogen) atoms. The van der Waals surface area contributed by atoms with E-state index in [2.05, 4.69) is 0 Å². The van der Waals surface area contributed by atoms with Crippen LogP contribution in [0.4, 0.5) is 0 Å². The average molecular weight is 258 g/mol. The van der Waals surface area contributed by atoms with E-state index in [0.717, 1.165) is 38.5 Å². The van der Waals surface area contributed by atoms with Crippen molar-refractivity contribution in [2.45, 2.75) is 62.9 Å². The highest BCUT2D eigenvalue weighted by molar-refractivity contribution is 4.89. The van der Waals surface area contributed by atoms with E-state index in [9.17, 15) is 10.2 Å². The minimum Gasteiger partial charge on any atom is -0.390 e. The molecule has 4 heteroatoms. The molecule has 4 nitrogen and oxygen atoms in total. The number of aliphatic hydroxyl groups excluding tert-OH is 2. The minimum atomic E-state index is -0.307. The summed E-state index contributed by atoms with van der Waals surface area (Å²) in [5, 5.41) is 19.7. The number of hydrogen-bond acceptors (Lipinski definition) is 4. The van der Waals surface area contributed by atoms with Crippen LogP contribution in [-0.2, 0) is 9.47 Å². The molecule has 106 valence electrons. The number of aliphatic hydroxyl groups is 2. The van der Waals surface area contributed by atoms with Gasteiger partial charge in [-0.1, -0.05) is 0 Å². The van der Waals surface area contributed by atoms with Gasteiger partial charge in [0.15, 0.2) is 0 Å². The zero-order valence-electron chi connectivity index (χ0n) is 11.4. The molecule has 2 rings (SSSR count). The van der Waals surface area contributed by atoms with Crippen molar-refractivity contribution in [2.24, 2.45) is 11.8 Å². The molecule has 0 spiro atoms. The first-order valence-electron chi connectivity index (χ1n) is 7.07. The molecule has 0 saturated heterocycles. The average Bonchev–Trinajstić information content (AvgIpc) is 2.40. The van der Waals surface area contributed by atoms with E-state index in [-0.39, 0.29) is 24.4 Å². The smallest absolute Gasteiger partial charge is 0.0832 e. The van der Waals surface area contributed by atoms with Crippen molar-refractivity contribution in [3.05, 3.63) is 0 Å². The summed E-state index contributed by atoms with van der Waals surface area (Å²) < 4.78 is 10.7. The molecule has 6 atom stereocenters. The van der Waals surface area contributed by atoms with Crippen LogP contribution in [0.15, 0.2) is 0 Å². The zero-order valence-corrected chi connectivity index (χ0v) is 11.4. The van der Waals surface area contributed by atoms with E-state index >= 15 is 0 Å². The van der Waals surface area contributed by atoms with Crippen LogP contribution < -0.4 is 0 Å². The molecule has 6 unspecified atom stereocenters. The molecule has 2 N–H and O–H groups in total. The number of rotatable bonds is 3. The van der Waals surface area contributed by atoms with Crippen LogP contribution in [0.25, 0.3) is 0 Å². The highest BCUT2D eigenvalue weighted by atomic mass is 16.5. The number of methoxy groups -OCH3 is 2. The van der Waals surface area contributed by atoms with Gasteiger partial charge in [0.05, 0.1) is 24.4 Å². The molecule has 0 aromatic heterocycles. The molecule has 2 aliphatic carbocycles. The predicted octanol–water partition coefficient (Wildman–Crippen LogP) is 1.34. The maximum Gasteiger partial charge on any atom is 0.0832 e. The van der Waals surface area contributed by atoms with E-state index in [0.29, 0.717) is 11.8 Å². The Kier molecular flexibility index (Phi) is 5.01. The monoisotopic (exact) mass is 258 g/mol. The number of hydrogen-bond donors (Lipinski definition) is 2. The van der Waals surface area contributed by atoms with Gasteiger partial charge in [-0.05, 0) is 50.4 Å². The highest BCUT2D eigenvalue weighted by Crippen LogP contribution is 2.39. The van der Waals surface area contributed by atoms with Gasteiger partial charge in [-0.25, -0.2) is 0 Å². The lowest BCUT2D eigenvalue weighted by Gasteiger charge is -2.41. The molecule has 0 aromatic carbocycles. The van der Waals surface area contributed by atoms with Crippen LogP contribution in [0, 0.1) is 11.8 Å². The lowest BCUT2D eigenvalue weighted by molar-refractivity contribution is -0.0854. The van der Waals surface area contributed by atoms with Crippen molar-refractivity contribution < 1.29 is 19.7 Å². The Morgan fingerprint density at radius 3 is 1.44 bits per heavy atom. The van der Waals surface area contributed by atoms with Gasteiger partial charge < -0.3 is 19.7 Å². The molecule has 0 bridgehead atoms. The van der Waals surface area contributed by atoms with E-state index in [4.69, 9.17) is 9.47 Å². The summed E-state index contributed by atoms with van der Waals surface area (Å²) in [6.45, 7) is 0. The van der Waals surface area contributed by atoms with E-state index in [1.165, 1.54) is 0 Å². The first kappa shape index (κ1) is 14.3. The Bertz CT molecular complexity index is 232. The lowest BCUT2D eigenvalue weighted by Crippen LogP contribution is -2.42. The Morgan fingerprint density at radius 2 is 1.11 bits per heavy atom. The molecule has 0 aliphatic heterocycles. The van der Waals surface area contributed by atoms with Gasteiger partial charge in [0.1, 0.15) is 0 Å². The third-order valence-electron chi connectivity index (χ3n) is 4.87. The zero-order chi connectivity index (χ0) is 13.1. The van der Waals surface area contributed by atoms with Gasteiger partial charge in [-0.15, -0.1) is 0 Å². The predicted molar refractivity (Wildman–Crippen MR) is 68.3 cm³/mol. The van der Waals surface area contributed by atoms with Crippen molar-refractivity contribution in [2.75, 3.05) is 14.2 Å². The molecule has 0 aromatic rings. The van der Waals surface area contributed by atoms with Crippen LogP contribution >= 0.6 is 0 Å². The third kappa shape index (κ3) is 3.05. The van der Waals surface area contributed by atoms with Crippen molar-refractivity contribution in [3.8, 4) is 0 Å². The van der Waals surface area contributed by atoms with Gasteiger partial charge in [-0.2, -0.15) is 0 Å². The van der Waals surface area contributed by atoms with Crippen molar-refractivity contribution in [3.63, 3.8) is 0 Å². The topological polar surface area (TPSA) is 58.9 Å². The normalized spacial score (nSPS) is 46.0. The van der Waals surface area contributed by atoms with E-state index < -0.39 is 0 Å². The first-order chi connectivity index (χ1) is 8.65. The summed E-state index contributed by atoms with van der Waals surface area (Å²) in [5.41, 5.74) is 0. The lowest BCUT2D eigenvalue weighted by atomic mass is 9.71. The summed E-state index contributed by atoms with van der Waals surface area (Å²) in [4.78, 5) is 0. The van der Waals surface area contributed by atoms with Crippen LogP contribution in [0.2, 0.25) is 0 Å². The maximum atomic E-state index is 9.84. The van der Waals surface area contributed by atoms with Crippen molar-refractivity contribution in [1.29, 1.82) is 0 Å². The largest absolute Gasteiger partial charge is 0.390 e. The summed E-state index contributed by atoms with van der Waals surface area (Å²) in [6.07, 6.45) is 5.03. The van der Waals surface area contributed by atoms with Gasteiger partial charge in [0, 0.05) is 14.2 Å². The second-order valence-corrected chi connectivity index (χ2v) is 5.83. The Labute approximate surface area is 109 Å². The Hall–Kier alpha value is -0.160. The fraction of sp³-hybridized carbons (Fsp3) is 1.00. The van der Waals surface area contributed by atoms with Crippen LogP contribution in [0.3, 0.4) is 0 Å². The fourth-order valence-electron chi connectivity index (χ4n) is 3.65. The SMILES string of the molecule is COC1CC(C2CCC(O)C(OC)C2)CCC1O. The molecule has 0 amide bonds. The van der Waals surface area contributed by atoms with Gasteiger partial charge in [-0.3, -0.25) is 0 Å². The maximum absolute atomic E-state index is 9.84. The quantitative estimate of drug-likeness (QED) is 0.802. The van der Waals surface area contributed by atoms with E-state index in [1.54, 1.807) is 14.2 Å². The molecule has 2 aliphatic rings. The fourth-order valence-corrected chi connectivity index (χ4v) is 3.65. The Morgan fingerprint density at radius 1 is 0.722 bits per heavy atom. The summed E-state index contributed by atoms with van der Waals surface area (Å²) >= 11 is 0. The molecule has 2 saturated carbocycles. The first-order valence-corrected chi connectivity index (χ1v) is 7.07. The number of ether oxygens (including phenoxy) is 2. The molecule has 0 heterocycles. The summed E-state index contributed by atoms with van der Waals surface area (Å²) in [7, 11) is 3.36. The van der Waals surface area contributed by atoms with Crippen LogP contribution in [0.1, 0.15) is 38.5 Å². The second kappa shape index (κ2) is 6.33. The molecule has 0 radical (unpaired) electrons. The minimum absolute atomic E-state index is 0.0170. The van der Waals surface area contributed by atoms with Gasteiger partial charge in [0.2, 0.25) is 0 Å². The standard InChI is InChI=1S/C14H26O4/c1-17-13-7-9(3-5-11(13)15)10-4-6-12(16)14(8-10)18-2/h9-16H,3-8H2,1-2H3. The van der Waals surface area contributed by atoms with Crippen molar-refractivity contribution in [1.82, 2.24) is 0 Å². The summed E-state index contributed by atoms with van der Waals surface area (Å²) in [5.74, 6) is 1.20. The summed E-state index contributed by atoms with van der Waals surface area (Å²) in [6, 6.07) is 0. The van der Waals surface area contributed by atoms with E-state index in [1.807, 2.05) is 0 Å². The third-order valence-corrected chi connectivity index (χ3v) is 4.87. The molecular weight excluding hydrogens is 232 g/mol. The van der Waals surface area contributed by atoms with Gasteiger partial charge >= 0.3 is 0 Å². The second-order valence-electron chi connectivity index (χ2n) is 5.83. The Balaban J connectivity index is 1.91. The van der Waals surface area contributed by atoms with Crippen LogP contribution in [0.5, 0.6) is 0 Å². The van der Waals surface area contributed by atoms with Gasteiger partial charge in [0.25, 0.3) is 0 Å². The van der Waals surface area contributed by atoms with Crippen molar-refractivity contribution >= 4 is 0 Å². The highest BCUT2D eigenvalue weighted by Gasteiger charge is 2.38. The molecular formula is C14H26O4. The molecule has 2 fully saturated rings. The van der Waals surface area contributed by atoms with Crippen LogP contribution in [-0.4, -0.2) is 48.8 Å².